The molecule has 0 saturated heterocycles. The molecule has 0 amide bonds. The van der Waals surface area contributed by atoms with Crippen LogP contribution in [0.3, 0.4) is 0 Å². The van der Waals surface area contributed by atoms with Crippen molar-refractivity contribution in [2.75, 3.05) is 18.9 Å². The largest absolute Gasteiger partial charge is 0.462 e. The summed E-state index contributed by atoms with van der Waals surface area (Å²) >= 11 is 0. The first-order valence-corrected chi connectivity index (χ1v) is 7.45. The Labute approximate surface area is 134 Å². The van der Waals surface area contributed by atoms with Crippen LogP contribution >= 0.6 is 0 Å². The van der Waals surface area contributed by atoms with E-state index in [9.17, 15) is 9.59 Å². The van der Waals surface area contributed by atoms with Crippen LogP contribution in [0.5, 0.6) is 0 Å². The first kappa shape index (κ1) is 16.6. The number of hydrogen-bond acceptors (Lipinski definition) is 5. The lowest BCUT2D eigenvalue weighted by molar-refractivity contribution is 0.0513. The van der Waals surface area contributed by atoms with E-state index >= 15 is 0 Å². The van der Waals surface area contributed by atoms with Gasteiger partial charge in [0.25, 0.3) is 0 Å². The molecule has 0 atom stereocenters. The zero-order valence-corrected chi connectivity index (χ0v) is 13.2. The van der Waals surface area contributed by atoms with E-state index in [1.807, 2.05) is 30.3 Å². The maximum absolute atomic E-state index is 12.2. The second kappa shape index (κ2) is 7.49. The Morgan fingerprint density at radius 1 is 1.04 bits per heavy atom. The number of ether oxygens (including phenoxy) is 2. The van der Waals surface area contributed by atoms with Crippen LogP contribution < -0.4 is 5.73 Å². The van der Waals surface area contributed by atoms with Gasteiger partial charge in [0, 0.05) is 12.7 Å². The molecule has 1 aromatic heterocycles. The molecule has 0 aliphatic heterocycles. The summed E-state index contributed by atoms with van der Waals surface area (Å²) in [6, 6.07) is 9.56. The van der Waals surface area contributed by atoms with Crippen LogP contribution in [0, 0.1) is 0 Å². The Hall–Kier alpha value is -2.76. The summed E-state index contributed by atoms with van der Waals surface area (Å²) in [6.07, 6.45) is 1.53. The summed E-state index contributed by atoms with van der Waals surface area (Å²) in [5, 5.41) is 0. The number of hydrogen-bond donors (Lipinski definition) is 1. The third-order valence-electron chi connectivity index (χ3n) is 3.28. The van der Waals surface area contributed by atoms with Gasteiger partial charge in [0.2, 0.25) is 0 Å². The van der Waals surface area contributed by atoms with Crippen molar-refractivity contribution in [1.82, 2.24) is 4.57 Å². The van der Waals surface area contributed by atoms with E-state index in [1.54, 1.807) is 18.4 Å². The van der Waals surface area contributed by atoms with Crippen molar-refractivity contribution < 1.29 is 19.1 Å². The Morgan fingerprint density at radius 3 is 2.26 bits per heavy atom. The molecule has 0 aliphatic carbocycles. The van der Waals surface area contributed by atoms with Crippen molar-refractivity contribution in [2.45, 2.75) is 20.4 Å². The zero-order valence-electron chi connectivity index (χ0n) is 13.2. The molecule has 23 heavy (non-hydrogen) atoms. The minimum atomic E-state index is -0.559. The molecule has 6 nitrogen and oxygen atoms in total. The van der Waals surface area contributed by atoms with Gasteiger partial charge in [0.05, 0.1) is 18.9 Å². The van der Waals surface area contributed by atoms with E-state index in [-0.39, 0.29) is 30.2 Å². The van der Waals surface area contributed by atoms with Crippen LogP contribution in [0.4, 0.5) is 5.69 Å². The van der Waals surface area contributed by atoms with Gasteiger partial charge in [0.1, 0.15) is 5.56 Å². The number of nitrogen functional groups attached to an aromatic ring is 1. The quantitative estimate of drug-likeness (QED) is 0.828. The highest BCUT2D eigenvalue weighted by atomic mass is 16.5. The lowest BCUT2D eigenvalue weighted by atomic mass is 10.2. The molecule has 1 heterocycles. The molecule has 0 spiro atoms. The highest BCUT2D eigenvalue weighted by Crippen LogP contribution is 2.23. The molecule has 2 aromatic rings. The van der Waals surface area contributed by atoms with E-state index in [0.717, 1.165) is 5.56 Å². The molecule has 6 heteroatoms. The number of rotatable bonds is 6. The van der Waals surface area contributed by atoms with Gasteiger partial charge in [-0.15, -0.1) is 0 Å². The number of benzene rings is 1. The summed E-state index contributed by atoms with van der Waals surface area (Å²) in [4.78, 5) is 24.2. The Morgan fingerprint density at radius 2 is 1.65 bits per heavy atom. The molecule has 0 unspecified atom stereocenters. The molecule has 2 N–H and O–H groups in total. The van der Waals surface area contributed by atoms with Gasteiger partial charge >= 0.3 is 11.9 Å². The van der Waals surface area contributed by atoms with Crippen molar-refractivity contribution >= 4 is 17.6 Å². The number of esters is 2. The van der Waals surface area contributed by atoms with Crippen molar-refractivity contribution in [1.29, 1.82) is 0 Å². The third-order valence-corrected chi connectivity index (χ3v) is 3.28. The zero-order chi connectivity index (χ0) is 16.8. The second-order valence-corrected chi connectivity index (χ2v) is 4.86. The molecule has 2 rings (SSSR count). The summed E-state index contributed by atoms with van der Waals surface area (Å²) in [7, 11) is 0. The van der Waals surface area contributed by atoms with Crippen molar-refractivity contribution in [2.24, 2.45) is 0 Å². The lowest BCUT2D eigenvalue weighted by Gasteiger charge is -2.09. The van der Waals surface area contributed by atoms with Gasteiger partial charge in [-0.1, -0.05) is 30.3 Å². The first-order valence-electron chi connectivity index (χ1n) is 7.45. The van der Waals surface area contributed by atoms with Crippen LogP contribution in [0.15, 0.2) is 36.5 Å². The van der Waals surface area contributed by atoms with E-state index in [2.05, 4.69) is 0 Å². The Kier molecular flexibility index (Phi) is 5.41. The first-order chi connectivity index (χ1) is 11.1. The van der Waals surface area contributed by atoms with Gasteiger partial charge in [-0.25, -0.2) is 9.59 Å². The number of nitrogens with zero attached hydrogens (tertiary/aromatic N) is 1. The molecule has 0 saturated carbocycles. The van der Waals surface area contributed by atoms with Crippen molar-refractivity contribution in [3.05, 3.63) is 53.3 Å². The van der Waals surface area contributed by atoms with Crippen LogP contribution in [0.25, 0.3) is 0 Å². The van der Waals surface area contributed by atoms with E-state index in [0.29, 0.717) is 6.54 Å². The average Bonchev–Trinajstić information content (AvgIpc) is 2.85. The van der Waals surface area contributed by atoms with E-state index in [1.165, 1.54) is 6.20 Å². The molecular weight excluding hydrogens is 296 g/mol. The fourth-order valence-electron chi connectivity index (χ4n) is 2.28. The van der Waals surface area contributed by atoms with E-state index in [4.69, 9.17) is 15.2 Å². The molecule has 0 aliphatic rings. The van der Waals surface area contributed by atoms with Gasteiger partial charge in [-0.05, 0) is 19.4 Å². The van der Waals surface area contributed by atoms with Crippen LogP contribution in [-0.2, 0) is 16.0 Å². The van der Waals surface area contributed by atoms with Crippen LogP contribution in [-0.4, -0.2) is 29.7 Å². The SMILES string of the molecule is CCOC(=O)c1cn(Cc2ccccc2)c(C(=O)OCC)c1N. The van der Waals surface area contributed by atoms with Gasteiger partial charge in [0.15, 0.2) is 5.69 Å². The number of carbonyl (C=O) groups is 2. The normalized spacial score (nSPS) is 10.3. The fourth-order valence-corrected chi connectivity index (χ4v) is 2.28. The average molecular weight is 316 g/mol. The van der Waals surface area contributed by atoms with Crippen LogP contribution in [0.2, 0.25) is 0 Å². The second-order valence-electron chi connectivity index (χ2n) is 4.86. The smallest absolute Gasteiger partial charge is 0.357 e. The third kappa shape index (κ3) is 3.71. The fraction of sp³-hybridized carbons (Fsp3) is 0.294. The summed E-state index contributed by atoms with van der Waals surface area (Å²) in [6.45, 7) is 4.28. The van der Waals surface area contributed by atoms with E-state index < -0.39 is 11.9 Å². The molecule has 1 aromatic carbocycles. The predicted octanol–water partition coefficient (Wildman–Crippen LogP) is 2.47. The van der Waals surface area contributed by atoms with Crippen molar-refractivity contribution in [3.63, 3.8) is 0 Å². The molecule has 0 bridgehead atoms. The summed E-state index contributed by atoms with van der Waals surface area (Å²) < 4.78 is 11.7. The number of aromatic nitrogens is 1. The Balaban J connectivity index is 2.43. The topological polar surface area (TPSA) is 83.5 Å². The minimum Gasteiger partial charge on any atom is -0.462 e. The summed E-state index contributed by atoms with van der Waals surface area (Å²) in [5.41, 5.74) is 7.39. The number of nitrogens with two attached hydrogens (primary N) is 1. The minimum absolute atomic E-state index is 0.0813. The predicted molar refractivity (Wildman–Crippen MR) is 86.3 cm³/mol. The highest BCUT2D eigenvalue weighted by Gasteiger charge is 2.25. The maximum Gasteiger partial charge on any atom is 0.357 e. The van der Waals surface area contributed by atoms with Crippen LogP contribution in [0.1, 0.15) is 40.3 Å². The highest BCUT2D eigenvalue weighted by molar-refractivity contribution is 6.03. The number of carbonyl (C=O) groups excluding carboxylic acids is 2. The molecule has 0 fully saturated rings. The van der Waals surface area contributed by atoms with Gasteiger partial charge in [-0.3, -0.25) is 0 Å². The van der Waals surface area contributed by atoms with Gasteiger partial charge < -0.3 is 19.8 Å². The maximum atomic E-state index is 12.2. The molecule has 0 radical (unpaired) electrons. The summed E-state index contributed by atoms with van der Waals surface area (Å²) in [5.74, 6) is -1.11. The molecular formula is C17H20N2O4. The lowest BCUT2D eigenvalue weighted by Crippen LogP contribution is -2.14. The Bertz CT molecular complexity index is 692. The van der Waals surface area contributed by atoms with Crippen molar-refractivity contribution in [3.8, 4) is 0 Å². The van der Waals surface area contributed by atoms with Gasteiger partial charge in [-0.2, -0.15) is 0 Å². The molecule has 122 valence electrons. The number of anilines is 1. The monoisotopic (exact) mass is 316 g/mol. The standard InChI is InChI=1S/C17H20N2O4/c1-3-22-16(20)13-11-19(10-12-8-6-5-7-9-12)15(14(13)18)17(21)23-4-2/h5-9,11H,3-4,10,18H2,1-2H3.